The molecule has 0 bridgehead atoms. The molecule has 5 heteroatoms. The van der Waals surface area contributed by atoms with Crippen LogP contribution < -0.4 is 5.32 Å². The first-order chi connectivity index (χ1) is 9.64. The van der Waals surface area contributed by atoms with Crippen LogP contribution in [0.25, 0.3) is 0 Å². The maximum absolute atomic E-state index is 12.2. The maximum atomic E-state index is 12.2. The van der Waals surface area contributed by atoms with Gasteiger partial charge in [0.2, 0.25) is 0 Å². The van der Waals surface area contributed by atoms with Crippen molar-refractivity contribution in [1.29, 1.82) is 0 Å². The molecule has 2 atom stereocenters. The van der Waals surface area contributed by atoms with Crippen molar-refractivity contribution in [3.05, 3.63) is 0 Å². The second-order valence-electron chi connectivity index (χ2n) is 7.35. The van der Waals surface area contributed by atoms with E-state index in [1.165, 1.54) is 0 Å². The SMILES string of the molecule is CCCC(C)(O)CNCC1CCCN1C(=O)OC(C)(C)C. The van der Waals surface area contributed by atoms with Crippen molar-refractivity contribution in [2.24, 2.45) is 0 Å². The van der Waals surface area contributed by atoms with Crippen LogP contribution in [0.15, 0.2) is 0 Å². The van der Waals surface area contributed by atoms with Gasteiger partial charge in [-0.15, -0.1) is 0 Å². The van der Waals surface area contributed by atoms with E-state index in [0.717, 1.165) is 32.2 Å². The van der Waals surface area contributed by atoms with Crippen molar-refractivity contribution in [3.63, 3.8) is 0 Å². The van der Waals surface area contributed by atoms with Gasteiger partial charge in [-0.05, 0) is 47.0 Å². The minimum absolute atomic E-state index is 0.164. The quantitative estimate of drug-likeness (QED) is 0.791. The van der Waals surface area contributed by atoms with E-state index >= 15 is 0 Å². The number of amides is 1. The molecule has 0 radical (unpaired) electrons. The van der Waals surface area contributed by atoms with Gasteiger partial charge in [-0.25, -0.2) is 4.79 Å². The molecular formula is C16H32N2O3. The Morgan fingerprint density at radius 1 is 1.38 bits per heavy atom. The Labute approximate surface area is 129 Å². The summed E-state index contributed by atoms with van der Waals surface area (Å²) >= 11 is 0. The van der Waals surface area contributed by atoms with Gasteiger partial charge in [0.1, 0.15) is 5.60 Å². The molecular weight excluding hydrogens is 268 g/mol. The van der Waals surface area contributed by atoms with Gasteiger partial charge < -0.3 is 20.1 Å². The summed E-state index contributed by atoms with van der Waals surface area (Å²) in [5, 5.41) is 13.4. The molecule has 0 saturated carbocycles. The van der Waals surface area contributed by atoms with Crippen molar-refractivity contribution in [2.75, 3.05) is 19.6 Å². The van der Waals surface area contributed by atoms with Crippen LogP contribution in [-0.2, 0) is 4.74 Å². The number of carbonyl (C=O) groups is 1. The highest BCUT2D eigenvalue weighted by Crippen LogP contribution is 2.20. The van der Waals surface area contributed by atoms with Crippen molar-refractivity contribution in [3.8, 4) is 0 Å². The zero-order valence-electron chi connectivity index (χ0n) is 14.2. The fourth-order valence-electron chi connectivity index (χ4n) is 2.74. The summed E-state index contributed by atoms with van der Waals surface area (Å²) in [6.45, 7) is 11.6. The van der Waals surface area contributed by atoms with E-state index in [0.29, 0.717) is 13.1 Å². The molecule has 21 heavy (non-hydrogen) atoms. The molecule has 0 aromatic carbocycles. The smallest absolute Gasteiger partial charge is 0.410 e. The highest BCUT2D eigenvalue weighted by Gasteiger charge is 2.32. The van der Waals surface area contributed by atoms with Crippen molar-refractivity contribution in [1.82, 2.24) is 10.2 Å². The summed E-state index contributed by atoms with van der Waals surface area (Å²) in [4.78, 5) is 14.0. The van der Waals surface area contributed by atoms with Crippen LogP contribution in [0, 0.1) is 0 Å². The molecule has 1 rings (SSSR count). The van der Waals surface area contributed by atoms with E-state index in [-0.39, 0.29) is 12.1 Å². The van der Waals surface area contributed by atoms with Gasteiger partial charge in [-0.3, -0.25) is 0 Å². The summed E-state index contributed by atoms with van der Waals surface area (Å²) in [6, 6.07) is 0.164. The number of likely N-dealkylation sites (tertiary alicyclic amines) is 1. The third-order valence-corrected chi connectivity index (χ3v) is 3.68. The average molecular weight is 300 g/mol. The average Bonchev–Trinajstić information content (AvgIpc) is 2.74. The summed E-state index contributed by atoms with van der Waals surface area (Å²) in [7, 11) is 0. The summed E-state index contributed by atoms with van der Waals surface area (Å²) in [6.07, 6.45) is 3.51. The molecule has 0 spiro atoms. The standard InChI is InChI=1S/C16H32N2O3/c1-6-9-16(5,20)12-17-11-13-8-7-10-18(13)14(19)21-15(2,3)4/h13,17,20H,6-12H2,1-5H3. The fourth-order valence-corrected chi connectivity index (χ4v) is 2.74. The number of hydrogen-bond acceptors (Lipinski definition) is 4. The number of rotatable bonds is 6. The van der Waals surface area contributed by atoms with Gasteiger partial charge in [-0.2, -0.15) is 0 Å². The van der Waals surface area contributed by atoms with E-state index in [1.54, 1.807) is 0 Å². The van der Waals surface area contributed by atoms with Gasteiger partial charge in [0.25, 0.3) is 0 Å². The van der Waals surface area contributed by atoms with Crippen LogP contribution in [-0.4, -0.2) is 53.0 Å². The summed E-state index contributed by atoms with van der Waals surface area (Å²) < 4.78 is 5.45. The molecule has 0 aliphatic carbocycles. The summed E-state index contributed by atoms with van der Waals surface area (Å²) in [5.41, 5.74) is -1.13. The zero-order valence-corrected chi connectivity index (χ0v) is 14.2. The lowest BCUT2D eigenvalue weighted by Gasteiger charge is -2.30. The number of hydrogen-bond donors (Lipinski definition) is 2. The lowest BCUT2D eigenvalue weighted by molar-refractivity contribution is 0.0213. The molecule has 1 aliphatic rings. The number of ether oxygens (including phenoxy) is 1. The van der Waals surface area contributed by atoms with Crippen LogP contribution in [0.4, 0.5) is 4.79 Å². The molecule has 5 nitrogen and oxygen atoms in total. The van der Waals surface area contributed by atoms with Crippen LogP contribution >= 0.6 is 0 Å². The van der Waals surface area contributed by atoms with Crippen LogP contribution in [0.2, 0.25) is 0 Å². The minimum Gasteiger partial charge on any atom is -0.444 e. The highest BCUT2D eigenvalue weighted by atomic mass is 16.6. The predicted molar refractivity (Wildman–Crippen MR) is 84.4 cm³/mol. The molecule has 2 N–H and O–H groups in total. The van der Waals surface area contributed by atoms with Crippen LogP contribution in [0.1, 0.15) is 60.3 Å². The topological polar surface area (TPSA) is 61.8 Å². The number of nitrogens with zero attached hydrogens (tertiary/aromatic N) is 1. The van der Waals surface area contributed by atoms with Gasteiger partial charge in [0.15, 0.2) is 0 Å². The van der Waals surface area contributed by atoms with E-state index in [9.17, 15) is 9.90 Å². The Balaban J connectivity index is 2.42. The Kier molecular flexibility index (Phi) is 6.47. The maximum Gasteiger partial charge on any atom is 0.410 e. The first-order valence-corrected chi connectivity index (χ1v) is 8.07. The Morgan fingerprint density at radius 3 is 2.62 bits per heavy atom. The number of aliphatic hydroxyl groups is 1. The molecule has 2 unspecified atom stereocenters. The van der Waals surface area contributed by atoms with E-state index < -0.39 is 11.2 Å². The lowest BCUT2D eigenvalue weighted by atomic mass is 10.0. The van der Waals surface area contributed by atoms with Crippen molar-refractivity contribution < 1.29 is 14.6 Å². The first kappa shape index (κ1) is 18.2. The van der Waals surface area contributed by atoms with E-state index in [2.05, 4.69) is 12.2 Å². The predicted octanol–water partition coefficient (Wildman–Crippen LogP) is 2.53. The Hall–Kier alpha value is -0.810. The van der Waals surface area contributed by atoms with Gasteiger partial charge in [-0.1, -0.05) is 13.3 Å². The van der Waals surface area contributed by atoms with Gasteiger partial charge in [0, 0.05) is 25.7 Å². The lowest BCUT2D eigenvalue weighted by Crippen LogP contribution is -2.46. The highest BCUT2D eigenvalue weighted by molar-refractivity contribution is 5.69. The van der Waals surface area contributed by atoms with Crippen molar-refractivity contribution in [2.45, 2.75) is 77.5 Å². The minimum atomic E-state index is -0.676. The monoisotopic (exact) mass is 300 g/mol. The molecule has 0 aromatic heterocycles. The largest absolute Gasteiger partial charge is 0.444 e. The molecule has 124 valence electrons. The third kappa shape index (κ3) is 6.66. The Bertz CT molecular complexity index is 337. The Morgan fingerprint density at radius 2 is 2.05 bits per heavy atom. The van der Waals surface area contributed by atoms with E-state index in [4.69, 9.17) is 4.74 Å². The van der Waals surface area contributed by atoms with Crippen molar-refractivity contribution >= 4 is 6.09 Å². The molecule has 0 aromatic rings. The van der Waals surface area contributed by atoms with Crippen LogP contribution in [0.3, 0.4) is 0 Å². The van der Waals surface area contributed by atoms with Gasteiger partial charge in [0.05, 0.1) is 5.60 Å². The third-order valence-electron chi connectivity index (χ3n) is 3.68. The second kappa shape index (κ2) is 7.45. The second-order valence-corrected chi connectivity index (χ2v) is 7.35. The van der Waals surface area contributed by atoms with Gasteiger partial charge >= 0.3 is 6.09 Å². The molecule has 1 heterocycles. The molecule has 1 aliphatic heterocycles. The molecule has 1 saturated heterocycles. The molecule has 1 fully saturated rings. The zero-order chi connectivity index (χ0) is 16.1. The van der Waals surface area contributed by atoms with Crippen LogP contribution in [0.5, 0.6) is 0 Å². The number of nitrogens with one attached hydrogen (secondary N) is 1. The summed E-state index contributed by atoms with van der Waals surface area (Å²) in [5.74, 6) is 0. The normalized spacial score (nSPS) is 22.2. The first-order valence-electron chi connectivity index (χ1n) is 8.07. The molecule has 1 amide bonds. The fraction of sp³-hybridized carbons (Fsp3) is 0.938. The number of carbonyl (C=O) groups excluding carboxylic acids is 1. The van der Waals surface area contributed by atoms with E-state index in [1.807, 2.05) is 32.6 Å².